The number of fused-ring (bicyclic) bond motifs is 1. The Kier molecular flexibility index (Phi) is 4.50. The molecule has 9 nitrogen and oxygen atoms in total. The molecule has 0 aliphatic carbocycles. The molecule has 30 heavy (non-hydrogen) atoms. The summed E-state index contributed by atoms with van der Waals surface area (Å²) in [7, 11) is 0. The Bertz CT molecular complexity index is 1230. The maximum absolute atomic E-state index is 13.0. The van der Waals surface area contributed by atoms with E-state index >= 15 is 0 Å². The van der Waals surface area contributed by atoms with E-state index in [1.807, 2.05) is 6.07 Å². The number of carboxylic acids is 1. The van der Waals surface area contributed by atoms with E-state index in [9.17, 15) is 19.5 Å². The summed E-state index contributed by atoms with van der Waals surface area (Å²) in [5, 5.41) is 20.5. The molecule has 0 radical (unpaired) electrons. The first kappa shape index (κ1) is 19.2. The number of benzene rings is 2. The van der Waals surface area contributed by atoms with Crippen LogP contribution in [0.25, 0.3) is 5.69 Å². The molecule has 1 aliphatic heterocycles. The third-order valence-corrected chi connectivity index (χ3v) is 5.00. The molecule has 9 heteroatoms. The van der Waals surface area contributed by atoms with Crippen molar-refractivity contribution in [3.05, 3.63) is 81.8 Å². The van der Waals surface area contributed by atoms with E-state index in [1.54, 1.807) is 55.5 Å². The number of hydrogen-bond donors (Lipinski definition) is 3. The molecule has 2 heterocycles. The van der Waals surface area contributed by atoms with Gasteiger partial charge in [0.2, 0.25) is 5.66 Å². The number of carboxylic acid groups (broad SMARTS) is 1. The quantitative estimate of drug-likeness (QED) is 0.575. The first-order chi connectivity index (χ1) is 14.3. The number of rotatable bonds is 4. The largest absolute Gasteiger partial charge is 0.478 e. The fourth-order valence-corrected chi connectivity index (χ4v) is 3.31. The Morgan fingerprint density at radius 1 is 1.10 bits per heavy atom. The van der Waals surface area contributed by atoms with Crippen LogP contribution < -0.4 is 10.9 Å². The third kappa shape index (κ3) is 2.96. The summed E-state index contributed by atoms with van der Waals surface area (Å²) in [6.07, 6.45) is 1.21. The molecule has 4 rings (SSSR count). The van der Waals surface area contributed by atoms with E-state index in [1.165, 1.54) is 17.8 Å². The highest BCUT2D eigenvalue weighted by molar-refractivity contribution is 6.06. The van der Waals surface area contributed by atoms with Crippen LogP contribution in [0.5, 0.6) is 0 Å². The van der Waals surface area contributed by atoms with E-state index in [4.69, 9.17) is 0 Å². The molecule has 3 aromatic rings. The lowest BCUT2D eigenvalue weighted by atomic mass is 10.0. The number of anilines is 1. The Balaban J connectivity index is 1.76. The van der Waals surface area contributed by atoms with E-state index in [0.717, 1.165) is 5.01 Å². The lowest BCUT2D eigenvalue weighted by Crippen LogP contribution is -2.60. The monoisotopic (exact) mass is 405 g/mol. The van der Waals surface area contributed by atoms with Gasteiger partial charge in [-0.1, -0.05) is 30.3 Å². The number of H-pyrrole nitrogens is 1. The number of para-hydroxylation sites is 2. The summed E-state index contributed by atoms with van der Waals surface area (Å²) < 4.78 is 1.36. The molecule has 152 valence electrons. The van der Waals surface area contributed by atoms with Gasteiger partial charge in [0.15, 0.2) is 0 Å². The molecule has 0 spiro atoms. The summed E-state index contributed by atoms with van der Waals surface area (Å²) in [6, 6.07) is 15.6. The van der Waals surface area contributed by atoms with Gasteiger partial charge in [-0.3, -0.25) is 14.7 Å². The molecule has 3 N–H and O–H groups in total. The van der Waals surface area contributed by atoms with Crippen molar-refractivity contribution >= 4 is 23.8 Å². The van der Waals surface area contributed by atoms with E-state index in [-0.39, 0.29) is 11.1 Å². The van der Waals surface area contributed by atoms with Crippen LogP contribution in [0.2, 0.25) is 0 Å². The van der Waals surface area contributed by atoms with Gasteiger partial charge in [0.25, 0.3) is 11.5 Å². The standard InChI is InChI=1S/C21H19N5O4/c1-13-16(18(27)25(24-13)14-8-4-3-5-9-14)12-22-26-19(28)15-10-6-7-11-17(15)23-21(26,2)20(29)30/h3-12,23-24H,1-2H3,(H,29,30)/b22-12+. The van der Waals surface area contributed by atoms with Crippen molar-refractivity contribution in [3.63, 3.8) is 0 Å². The van der Waals surface area contributed by atoms with Gasteiger partial charge >= 0.3 is 5.97 Å². The second kappa shape index (κ2) is 7.03. The molecule has 1 unspecified atom stereocenters. The molecule has 1 atom stereocenters. The van der Waals surface area contributed by atoms with Gasteiger partial charge in [-0.15, -0.1) is 0 Å². The number of aliphatic carboxylic acids is 1. The van der Waals surface area contributed by atoms with Crippen molar-refractivity contribution in [1.82, 2.24) is 14.8 Å². The first-order valence-corrected chi connectivity index (χ1v) is 9.19. The molecule has 0 saturated heterocycles. The minimum absolute atomic E-state index is 0.221. The maximum atomic E-state index is 13.0. The van der Waals surface area contributed by atoms with E-state index < -0.39 is 17.5 Å². The lowest BCUT2D eigenvalue weighted by molar-refractivity contribution is -0.147. The normalized spacial score (nSPS) is 18.3. The van der Waals surface area contributed by atoms with Crippen molar-refractivity contribution in [2.24, 2.45) is 5.10 Å². The number of aromatic nitrogens is 2. The second-order valence-corrected chi connectivity index (χ2v) is 7.04. The van der Waals surface area contributed by atoms with Crippen molar-refractivity contribution in [2.45, 2.75) is 19.5 Å². The number of carbonyl (C=O) groups excluding carboxylic acids is 1. The zero-order chi connectivity index (χ0) is 21.5. The average Bonchev–Trinajstić information content (AvgIpc) is 3.02. The molecule has 1 aromatic heterocycles. The summed E-state index contributed by atoms with van der Waals surface area (Å²) in [6.45, 7) is 3.04. The van der Waals surface area contributed by atoms with Crippen LogP contribution in [0.3, 0.4) is 0 Å². The SMILES string of the molecule is Cc1[nH]n(-c2ccccc2)c(=O)c1/C=N/N1C(=O)c2ccccc2NC1(C)C(=O)O. The van der Waals surface area contributed by atoms with Gasteiger partial charge in [-0.25, -0.2) is 9.48 Å². The predicted octanol–water partition coefficient (Wildman–Crippen LogP) is 2.18. The van der Waals surface area contributed by atoms with Crippen LogP contribution in [0.1, 0.15) is 28.5 Å². The van der Waals surface area contributed by atoms with Crippen molar-refractivity contribution in [3.8, 4) is 5.69 Å². The average molecular weight is 405 g/mol. The molecule has 1 amide bonds. The van der Waals surface area contributed by atoms with Gasteiger partial charge in [0, 0.05) is 11.4 Å². The lowest BCUT2D eigenvalue weighted by Gasteiger charge is -2.39. The first-order valence-electron chi connectivity index (χ1n) is 9.19. The van der Waals surface area contributed by atoms with Crippen LogP contribution in [0.4, 0.5) is 5.69 Å². The Morgan fingerprint density at radius 2 is 1.77 bits per heavy atom. The minimum Gasteiger partial charge on any atom is -0.478 e. The molecular formula is C21H19N5O4. The van der Waals surface area contributed by atoms with E-state index in [0.29, 0.717) is 22.6 Å². The summed E-state index contributed by atoms with van der Waals surface area (Å²) in [5.74, 6) is -1.86. The van der Waals surface area contributed by atoms with Crippen LogP contribution in [0, 0.1) is 6.92 Å². The van der Waals surface area contributed by atoms with Crippen LogP contribution in [0.15, 0.2) is 64.5 Å². The number of aryl methyl sites for hydroxylation is 1. The highest BCUT2D eigenvalue weighted by Crippen LogP contribution is 2.31. The summed E-state index contributed by atoms with van der Waals surface area (Å²) >= 11 is 0. The molecule has 0 bridgehead atoms. The smallest absolute Gasteiger partial charge is 0.352 e. The van der Waals surface area contributed by atoms with Gasteiger partial charge in [-0.2, -0.15) is 10.1 Å². The van der Waals surface area contributed by atoms with Gasteiger partial charge in [0.1, 0.15) is 0 Å². The number of amides is 1. The number of aromatic amines is 1. The molecular weight excluding hydrogens is 386 g/mol. The van der Waals surface area contributed by atoms with Gasteiger partial charge in [-0.05, 0) is 38.1 Å². The fourth-order valence-electron chi connectivity index (χ4n) is 3.31. The Hall–Kier alpha value is -4.14. The molecule has 2 aromatic carbocycles. The Morgan fingerprint density at radius 3 is 2.47 bits per heavy atom. The number of carbonyl (C=O) groups is 2. The number of hydrazone groups is 1. The summed E-state index contributed by atoms with van der Waals surface area (Å²) in [4.78, 5) is 37.8. The second-order valence-electron chi connectivity index (χ2n) is 7.04. The van der Waals surface area contributed by atoms with Crippen LogP contribution >= 0.6 is 0 Å². The predicted molar refractivity (Wildman–Crippen MR) is 111 cm³/mol. The molecule has 1 aliphatic rings. The molecule has 0 saturated carbocycles. The maximum Gasteiger partial charge on any atom is 0.352 e. The van der Waals surface area contributed by atoms with Crippen LogP contribution in [-0.2, 0) is 4.79 Å². The zero-order valence-corrected chi connectivity index (χ0v) is 16.3. The number of nitrogens with zero attached hydrogens (tertiary/aromatic N) is 3. The topological polar surface area (TPSA) is 120 Å². The molecule has 0 fully saturated rings. The van der Waals surface area contributed by atoms with Crippen molar-refractivity contribution in [1.29, 1.82) is 0 Å². The highest BCUT2D eigenvalue weighted by Gasteiger charge is 2.47. The number of nitrogens with one attached hydrogen (secondary N) is 2. The van der Waals surface area contributed by atoms with Gasteiger partial charge < -0.3 is 10.4 Å². The zero-order valence-electron chi connectivity index (χ0n) is 16.3. The summed E-state index contributed by atoms with van der Waals surface area (Å²) in [5.41, 5.74) is -0.0860. The fraction of sp³-hybridized carbons (Fsp3) is 0.143. The Labute approximate surface area is 171 Å². The minimum atomic E-state index is -1.81. The van der Waals surface area contributed by atoms with Crippen molar-refractivity contribution < 1.29 is 14.7 Å². The highest BCUT2D eigenvalue weighted by atomic mass is 16.4. The van der Waals surface area contributed by atoms with Crippen LogP contribution in [-0.4, -0.2) is 43.6 Å². The van der Waals surface area contributed by atoms with Crippen molar-refractivity contribution in [2.75, 3.05) is 5.32 Å². The van der Waals surface area contributed by atoms with E-state index in [2.05, 4.69) is 15.5 Å². The third-order valence-electron chi connectivity index (χ3n) is 5.00. The number of hydrogen-bond acceptors (Lipinski definition) is 5. The van der Waals surface area contributed by atoms with Gasteiger partial charge in [0.05, 0.1) is 23.0 Å².